The summed E-state index contributed by atoms with van der Waals surface area (Å²) in [5.74, 6) is 0.683. The number of halogens is 1. The molecule has 0 spiro atoms. The maximum absolute atomic E-state index is 12.9. The monoisotopic (exact) mass is 405 g/mol. The van der Waals surface area contributed by atoms with E-state index in [9.17, 15) is 8.76 Å². The van der Waals surface area contributed by atoms with Gasteiger partial charge in [-0.15, -0.1) is 15.6 Å². The molecule has 1 unspecified atom stereocenters. The average Bonchev–Trinajstić information content (AvgIpc) is 3.17. The smallest absolute Gasteiger partial charge is 0.186 e. The number of thiophene rings is 1. The maximum atomic E-state index is 12.9. The first-order valence-electron chi connectivity index (χ1n) is 8.10. The first-order valence-corrected chi connectivity index (χ1v) is 10.9. The number of fused-ring (bicyclic) bond motifs is 1. The molecule has 1 aromatic carbocycles. The number of nitrogens with zero attached hydrogens (tertiary/aromatic N) is 3. The molecule has 1 atom stereocenters. The van der Waals surface area contributed by atoms with E-state index in [2.05, 4.69) is 9.97 Å². The second-order valence-corrected chi connectivity index (χ2v) is 9.25. The molecule has 0 fully saturated rings. The Morgan fingerprint density at radius 2 is 2.00 bits per heavy atom. The minimum Gasteiger partial charge on any atom is -0.593 e. The fourth-order valence-electron chi connectivity index (χ4n) is 3.11. The topological polar surface area (TPSA) is 69.2 Å². The zero-order valence-electron chi connectivity index (χ0n) is 14.0. The highest BCUT2D eigenvalue weighted by Crippen LogP contribution is 2.33. The number of hydrogen-bond acceptors (Lipinski definition) is 5. The number of benzene rings is 1. The summed E-state index contributed by atoms with van der Waals surface area (Å²) in [6, 6.07) is 9.06. The van der Waals surface area contributed by atoms with Crippen molar-refractivity contribution in [2.24, 2.45) is 0 Å². The van der Waals surface area contributed by atoms with Crippen molar-refractivity contribution in [1.29, 1.82) is 0 Å². The van der Waals surface area contributed by atoms with Gasteiger partial charge in [-0.05, 0) is 24.4 Å². The normalized spacial score (nSPS) is 16.9. The molecule has 4 rings (SSSR count). The van der Waals surface area contributed by atoms with Gasteiger partial charge in [0, 0.05) is 34.0 Å². The van der Waals surface area contributed by atoms with E-state index in [1.807, 2.05) is 31.2 Å². The summed E-state index contributed by atoms with van der Waals surface area (Å²) in [4.78, 5) is 9.47. The number of aryl methyl sites for hydroxylation is 1. The Morgan fingerprint density at radius 3 is 2.69 bits per heavy atom. The molecule has 0 N–H and O–H groups in total. The fraction of sp³-hybridized carbons (Fsp3) is 0.222. The Bertz CT molecular complexity index is 990. The number of sulfonamides is 1. The maximum Gasteiger partial charge on any atom is 0.186 e. The molecule has 0 saturated heterocycles. The van der Waals surface area contributed by atoms with Gasteiger partial charge in [0.05, 0.1) is 24.5 Å². The van der Waals surface area contributed by atoms with Crippen molar-refractivity contribution in [3.63, 3.8) is 0 Å². The SMILES string of the molecule is Cc1nc2c(c(-c3ccc(Cl)cc3)n1)CN([S+](=O)([O-])c1ccsc1)CC2. The first-order chi connectivity index (χ1) is 12.4. The van der Waals surface area contributed by atoms with Gasteiger partial charge in [-0.2, -0.15) is 0 Å². The molecule has 0 amide bonds. The van der Waals surface area contributed by atoms with Gasteiger partial charge in [-0.25, -0.2) is 9.97 Å². The zero-order chi connectivity index (χ0) is 18.3. The summed E-state index contributed by atoms with van der Waals surface area (Å²) >= 11 is 7.37. The molecule has 2 aromatic heterocycles. The van der Waals surface area contributed by atoms with Crippen LogP contribution in [0.2, 0.25) is 5.02 Å². The van der Waals surface area contributed by atoms with Crippen molar-refractivity contribution in [1.82, 2.24) is 14.3 Å². The lowest BCUT2D eigenvalue weighted by molar-refractivity contribution is 0.337. The first kappa shape index (κ1) is 17.8. The van der Waals surface area contributed by atoms with E-state index in [-0.39, 0.29) is 6.54 Å². The van der Waals surface area contributed by atoms with Crippen LogP contribution in [0.4, 0.5) is 0 Å². The highest BCUT2D eigenvalue weighted by molar-refractivity contribution is 7.95. The predicted octanol–water partition coefficient (Wildman–Crippen LogP) is 4.13. The third-order valence-electron chi connectivity index (χ3n) is 4.39. The van der Waals surface area contributed by atoms with Crippen LogP contribution in [-0.2, 0) is 27.6 Å². The van der Waals surface area contributed by atoms with E-state index in [1.165, 1.54) is 15.6 Å². The Labute approximate surface area is 162 Å². The van der Waals surface area contributed by atoms with E-state index in [1.54, 1.807) is 16.8 Å². The van der Waals surface area contributed by atoms with Crippen LogP contribution in [0.25, 0.3) is 11.3 Å². The molecule has 0 radical (unpaired) electrons. The molecular weight excluding hydrogens is 390 g/mol. The Kier molecular flexibility index (Phi) is 4.66. The summed E-state index contributed by atoms with van der Waals surface area (Å²) in [7, 11) is -3.51. The largest absolute Gasteiger partial charge is 0.593 e. The minimum absolute atomic E-state index is 0.270. The Morgan fingerprint density at radius 1 is 1.23 bits per heavy atom. The second-order valence-electron chi connectivity index (χ2n) is 6.10. The third kappa shape index (κ3) is 3.21. The standard InChI is InChI=1S/C18H16ClN3O2S2/c1-12-20-17-6-8-22(26(23,24)15-7-9-25-11-15)10-16(17)18(21-12)13-2-4-14(19)5-3-13/h2-5,7,9,11H,6,8,10H2,1H3. The molecule has 26 heavy (non-hydrogen) atoms. The van der Waals surface area contributed by atoms with Crippen LogP contribution in [0.5, 0.6) is 0 Å². The van der Waals surface area contributed by atoms with Gasteiger partial charge in [0.25, 0.3) is 0 Å². The van der Waals surface area contributed by atoms with Crippen LogP contribution in [0.15, 0.2) is 46.0 Å². The predicted molar refractivity (Wildman–Crippen MR) is 103 cm³/mol. The van der Waals surface area contributed by atoms with Crippen molar-refractivity contribution in [3.05, 3.63) is 63.2 Å². The molecule has 0 bridgehead atoms. The lowest BCUT2D eigenvalue weighted by Crippen LogP contribution is -2.40. The van der Waals surface area contributed by atoms with Crippen molar-refractivity contribution in [2.45, 2.75) is 24.8 Å². The van der Waals surface area contributed by atoms with Gasteiger partial charge in [0.1, 0.15) is 5.82 Å². The molecule has 5 nitrogen and oxygen atoms in total. The molecule has 1 aliphatic heterocycles. The number of rotatable bonds is 3. The Hall–Kier alpha value is -1.64. The van der Waals surface area contributed by atoms with Crippen LogP contribution in [0.1, 0.15) is 17.1 Å². The van der Waals surface area contributed by atoms with Gasteiger partial charge in [-0.1, -0.05) is 27.9 Å². The van der Waals surface area contributed by atoms with Crippen molar-refractivity contribution in [2.75, 3.05) is 6.54 Å². The fourth-order valence-corrected chi connectivity index (χ4v) is 5.66. The quantitative estimate of drug-likeness (QED) is 0.614. The van der Waals surface area contributed by atoms with Crippen LogP contribution in [0, 0.1) is 6.92 Å². The molecule has 0 aliphatic carbocycles. The zero-order valence-corrected chi connectivity index (χ0v) is 16.4. The van der Waals surface area contributed by atoms with Gasteiger partial charge in [0.15, 0.2) is 15.3 Å². The van der Waals surface area contributed by atoms with Gasteiger partial charge in [0.2, 0.25) is 0 Å². The van der Waals surface area contributed by atoms with Crippen LogP contribution in [-0.4, -0.2) is 25.4 Å². The van der Waals surface area contributed by atoms with E-state index in [0.717, 1.165) is 22.5 Å². The third-order valence-corrected chi connectivity index (χ3v) is 7.31. The molecule has 3 aromatic rings. The number of hydrogen-bond donors (Lipinski definition) is 0. The Balaban J connectivity index is 1.77. The molecule has 0 saturated carbocycles. The van der Waals surface area contributed by atoms with E-state index >= 15 is 0 Å². The second kappa shape index (κ2) is 6.83. The molecule has 3 heterocycles. The van der Waals surface area contributed by atoms with Gasteiger partial charge in [-0.3, -0.25) is 0 Å². The lowest BCUT2D eigenvalue weighted by Gasteiger charge is -2.31. The molecule has 8 heteroatoms. The average molecular weight is 406 g/mol. The van der Waals surface area contributed by atoms with Crippen molar-refractivity contribution >= 4 is 33.3 Å². The molecule has 1 aliphatic rings. The van der Waals surface area contributed by atoms with Gasteiger partial charge < -0.3 is 4.55 Å². The van der Waals surface area contributed by atoms with E-state index in [0.29, 0.717) is 28.7 Å². The summed E-state index contributed by atoms with van der Waals surface area (Å²) < 4.78 is 27.3. The lowest BCUT2D eigenvalue weighted by atomic mass is 10.0. The summed E-state index contributed by atoms with van der Waals surface area (Å²) in [5, 5.41) is 4.09. The highest BCUT2D eigenvalue weighted by Gasteiger charge is 2.35. The van der Waals surface area contributed by atoms with E-state index in [4.69, 9.17) is 11.6 Å². The van der Waals surface area contributed by atoms with E-state index < -0.39 is 10.4 Å². The minimum atomic E-state index is -3.51. The van der Waals surface area contributed by atoms with Crippen LogP contribution < -0.4 is 0 Å². The van der Waals surface area contributed by atoms with Crippen molar-refractivity contribution in [3.8, 4) is 11.3 Å². The molecular formula is C18H16ClN3O2S2. The van der Waals surface area contributed by atoms with Gasteiger partial charge >= 0.3 is 0 Å². The molecule has 134 valence electrons. The summed E-state index contributed by atoms with van der Waals surface area (Å²) in [6.07, 6.45) is 0.572. The number of aromatic nitrogens is 2. The van der Waals surface area contributed by atoms with Crippen LogP contribution >= 0.6 is 22.9 Å². The summed E-state index contributed by atoms with van der Waals surface area (Å²) in [5.41, 5.74) is 3.46. The van der Waals surface area contributed by atoms with Crippen molar-refractivity contribution < 1.29 is 8.76 Å². The van der Waals surface area contributed by atoms with Crippen LogP contribution in [0.3, 0.4) is 0 Å². The summed E-state index contributed by atoms with van der Waals surface area (Å²) in [6.45, 7) is 2.54. The highest BCUT2D eigenvalue weighted by atomic mass is 35.5.